The summed E-state index contributed by atoms with van der Waals surface area (Å²) in [4.78, 5) is 11.6. The number of benzene rings is 2. The van der Waals surface area contributed by atoms with Crippen molar-refractivity contribution in [2.24, 2.45) is 0 Å². The Kier molecular flexibility index (Phi) is 4.14. The van der Waals surface area contributed by atoms with E-state index in [4.69, 9.17) is 9.84 Å². The Morgan fingerprint density at radius 3 is 2.45 bits per heavy atom. The second-order valence-electron chi connectivity index (χ2n) is 3.96. The quantitative estimate of drug-likeness (QED) is 0.846. The van der Waals surface area contributed by atoms with E-state index in [1.807, 2.05) is 0 Å². The highest BCUT2D eigenvalue weighted by Crippen LogP contribution is 2.16. The molecule has 2 aromatic rings. The van der Waals surface area contributed by atoms with Gasteiger partial charge >= 0.3 is 0 Å². The monoisotopic (exact) mass is 279 g/mol. The molecular formula is C14H11F2NO3. The van der Waals surface area contributed by atoms with Crippen LogP contribution >= 0.6 is 0 Å². The highest BCUT2D eigenvalue weighted by molar-refractivity contribution is 5.91. The standard InChI is InChI=1S/C14H11F2NO3/c15-12-6-5-11(7-13(12)16)20-8-14(19)17-9-1-3-10(18)4-2-9/h1-7,18H,8H2,(H,17,19). The number of hydrogen-bond donors (Lipinski definition) is 2. The molecule has 0 unspecified atom stereocenters. The maximum Gasteiger partial charge on any atom is 0.262 e. The number of aromatic hydroxyl groups is 1. The molecule has 6 heteroatoms. The summed E-state index contributed by atoms with van der Waals surface area (Å²) in [6.45, 7) is -0.341. The van der Waals surface area contributed by atoms with Crippen molar-refractivity contribution in [2.75, 3.05) is 11.9 Å². The van der Waals surface area contributed by atoms with E-state index in [1.54, 1.807) is 0 Å². The first-order chi connectivity index (χ1) is 9.54. The average Bonchev–Trinajstić information content (AvgIpc) is 2.43. The summed E-state index contributed by atoms with van der Waals surface area (Å²) in [7, 11) is 0. The molecule has 20 heavy (non-hydrogen) atoms. The van der Waals surface area contributed by atoms with Crippen LogP contribution in [-0.4, -0.2) is 17.6 Å². The number of ether oxygens (including phenoxy) is 1. The number of anilines is 1. The minimum Gasteiger partial charge on any atom is -0.508 e. The third kappa shape index (κ3) is 3.68. The number of hydrogen-bond acceptors (Lipinski definition) is 3. The molecular weight excluding hydrogens is 268 g/mol. The van der Waals surface area contributed by atoms with Gasteiger partial charge in [0.2, 0.25) is 0 Å². The summed E-state index contributed by atoms with van der Waals surface area (Å²) in [5.74, 6) is -2.33. The Morgan fingerprint density at radius 1 is 1.10 bits per heavy atom. The largest absolute Gasteiger partial charge is 0.508 e. The van der Waals surface area contributed by atoms with Crippen molar-refractivity contribution in [3.8, 4) is 11.5 Å². The third-order valence-corrected chi connectivity index (χ3v) is 2.41. The Morgan fingerprint density at radius 2 is 1.80 bits per heavy atom. The van der Waals surface area contributed by atoms with Crippen LogP contribution < -0.4 is 10.1 Å². The summed E-state index contributed by atoms with van der Waals surface area (Å²) in [5.41, 5.74) is 0.488. The van der Waals surface area contributed by atoms with E-state index in [0.29, 0.717) is 5.69 Å². The fourth-order valence-corrected chi connectivity index (χ4v) is 1.46. The van der Waals surface area contributed by atoms with Crippen molar-refractivity contribution in [3.63, 3.8) is 0 Å². The molecule has 104 valence electrons. The molecule has 0 fully saturated rings. The van der Waals surface area contributed by atoms with Crippen LogP contribution in [0.2, 0.25) is 0 Å². The van der Waals surface area contributed by atoms with Gasteiger partial charge in [0.05, 0.1) is 0 Å². The zero-order chi connectivity index (χ0) is 14.5. The SMILES string of the molecule is O=C(COc1ccc(F)c(F)c1)Nc1ccc(O)cc1. The maximum absolute atomic E-state index is 12.9. The molecule has 0 spiro atoms. The van der Waals surface area contributed by atoms with Gasteiger partial charge in [-0.3, -0.25) is 4.79 Å². The van der Waals surface area contributed by atoms with Gasteiger partial charge in [0.15, 0.2) is 18.2 Å². The molecule has 0 aliphatic carbocycles. The van der Waals surface area contributed by atoms with E-state index >= 15 is 0 Å². The van der Waals surface area contributed by atoms with Crippen molar-refractivity contribution >= 4 is 11.6 Å². The maximum atomic E-state index is 12.9. The predicted molar refractivity (Wildman–Crippen MR) is 68.6 cm³/mol. The summed E-state index contributed by atoms with van der Waals surface area (Å²) in [6.07, 6.45) is 0. The highest BCUT2D eigenvalue weighted by atomic mass is 19.2. The molecule has 0 radical (unpaired) electrons. The molecule has 0 aliphatic rings. The molecule has 0 aromatic heterocycles. The summed E-state index contributed by atoms with van der Waals surface area (Å²) >= 11 is 0. The normalized spacial score (nSPS) is 10.1. The minimum atomic E-state index is -1.04. The molecule has 0 atom stereocenters. The van der Waals surface area contributed by atoms with Crippen LogP contribution in [0, 0.1) is 11.6 Å². The Hall–Kier alpha value is -2.63. The minimum absolute atomic E-state index is 0.0600. The molecule has 0 heterocycles. The number of carbonyl (C=O) groups is 1. The van der Waals surface area contributed by atoms with Gasteiger partial charge in [-0.1, -0.05) is 0 Å². The average molecular weight is 279 g/mol. The number of nitrogens with one attached hydrogen (secondary N) is 1. The lowest BCUT2D eigenvalue weighted by Gasteiger charge is -2.07. The number of amides is 1. The zero-order valence-corrected chi connectivity index (χ0v) is 10.3. The van der Waals surface area contributed by atoms with Crippen molar-refractivity contribution < 1.29 is 23.4 Å². The molecule has 0 bridgehead atoms. The van der Waals surface area contributed by atoms with E-state index < -0.39 is 17.5 Å². The molecule has 2 aromatic carbocycles. The van der Waals surface area contributed by atoms with Gasteiger partial charge in [0.25, 0.3) is 5.91 Å². The number of halogens is 2. The van der Waals surface area contributed by atoms with Gasteiger partial charge in [0.1, 0.15) is 11.5 Å². The van der Waals surface area contributed by atoms with Gasteiger partial charge in [-0.25, -0.2) is 8.78 Å². The third-order valence-electron chi connectivity index (χ3n) is 2.41. The van der Waals surface area contributed by atoms with Crippen LogP contribution in [0.1, 0.15) is 0 Å². The number of carbonyl (C=O) groups excluding carboxylic acids is 1. The molecule has 2 rings (SSSR count). The van der Waals surface area contributed by atoms with Gasteiger partial charge in [0, 0.05) is 11.8 Å². The van der Waals surface area contributed by atoms with Gasteiger partial charge < -0.3 is 15.2 Å². The summed E-state index contributed by atoms with van der Waals surface area (Å²) in [6, 6.07) is 8.89. The van der Waals surface area contributed by atoms with Crippen LogP contribution in [0.4, 0.5) is 14.5 Å². The van der Waals surface area contributed by atoms with Crippen LogP contribution in [0.3, 0.4) is 0 Å². The Bertz CT molecular complexity index is 614. The van der Waals surface area contributed by atoms with Crippen LogP contribution in [0.15, 0.2) is 42.5 Å². The summed E-state index contributed by atoms with van der Waals surface area (Å²) in [5, 5.41) is 11.6. The van der Waals surface area contributed by atoms with E-state index in [-0.39, 0.29) is 18.1 Å². The van der Waals surface area contributed by atoms with E-state index in [0.717, 1.165) is 12.1 Å². The molecule has 2 N–H and O–H groups in total. The van der Waals surface area contributed by atoms with Crippen molar-refractivity contribution in [2.45, 2.75) is 0 Å². The van der Waals surface area contributed by atoms with E-state index in [9.17, 15) is 13.6 Å². The van der Waals surface area contributed by atoms with Gasteiger partial charge in [-0.2, -0.15) is 0 Å². The topological polar surface area (TPSA) is 58.6 Å². The van der Waals surface area contributed by atoms with Crippen LogP contribution in [0.25, 0.3) is 0 Å². The second kappa shape index (κ2) is 6.01. The van der Waals surface area contributed by atoms with Crippen LogP contribution in [-0.2, 0) is 4.79 Å². The lowest BCUT2D eigenvalue weighted by molar-refractivity contribution is -0.118. The molecule has 0 saturated heterocycles. The molecule has 0 saturated carbocycles. The second-order valence-corrected chi connectivity index (χ2v) is 3.96. The molecule has 4 nitrogen and oxygen atoms in total. The molecule has 1 amide bonds. The smallest absolute Gasteiger partial charge is 0.262 e. The fourth-order valence-electron chi connectivity index (χ4n) is 1.46. The van der Waals surface area contributed by atoms with Crippen molar-refractivity contribution in [1.29, 1.82) is 0 Å². The first kappa shape index (κ1) is 13.8. The van der Waals surface area contributed by atoms with E-state index in [2.05, 4.69) is 5.32 Å². The highest BCUT2D eigenvalue weighted by Gasteiger charge is 2.06. The van der Waals surface area contributed by atoms with Crippen molar-refractivity contribution in [1.82, 2.24) is 0 Å². The first-order valence-corrected chi connectivity index (χ1v) is 5.71. The van der Waals surface area contributed by atoms with Crippen molar-refractivity contribution in [3.05, 3.63) is 54.1 Å². The van der Waals surface area contributed by atoms with Crippen LogP contribution in [0.5, 0.6) is 11.5 Å². The molecule has 0 aliphatic heterocycles. The summed E-state index contributed by atoms with van der Waals surface area (Å²) < 4.78 is 30.6. The number of phenols is 1. The zero-order valence-electron chi connectivity index (χ0n) is 10.3. The predicted octanol–water partition coefficient (Wildman–Crippen LogP) is 2.69. The Labute approximate surface area is 113 Å². The first-order valence-electron chi connectivity index (χ1n) is 5.71. The number of rotatable bonds is 4. The lowest BCUT2D eigenvalue weighted by atomic mass is 10.3. The lowest BCUT2D eigenvalue weighted by Crippen LogP contribution is -2.20. The van der Waals surface area contributed by atoms with Gasteiger partial charge in [-0.05, 0) is 36.4 Å². The fraction of sp³-hybridized carbons (Fsp3) is 0.0714. The van der Waals surface area contributed by atoms with Gasteiger partial charge in [-0.15, -0.1) is 0 Å². The Balaban J connectivity index is 1.88. The number of phenolic OH excluding ortho intramolecular Hbond substituents is 1. The van der Waals surface area contributed by atoms with E-state index in [1.165, 1.54) is 30.3 Å².